The highest BCUT2D eigenvalue weighted by Gasteiger charge is 2.26. The van der Waals surface area contributed by atoms with E-state index in [1.54, 1.807) is 15.9 Å². The zero-order valence-electron chi connectivity index (χ0n) is 18.7. The first-order valence-corrected chi connectivity index (χ1v) is 12.6. The zero-order valence-corrected chi connectivity index (χ0v) is 20.4. The summed E-state index contributed by atoms with van der Waals surface area (Å²) in [5.41, 5.74) is 4.17. The largest absolute Gasteiger partial charge is 0.325 e. The molecule has 1 aliphatic rings. The number of rotatable bonds is 5. The summed E-state index contributed by atoms with van der Waals surface area (Å²) in [6.45, 7) is 10.6. The molecule has 0 bridgehead atoms. The van der Waals surface area contributed by atoms with Crippen LogP contribution in [0.15, 0.2) is 28.2 Å². The van der Waals surface area contributed by atoms with Gasteiger partial charge in [-0.05, 0) is 69.6 Å². The number of thiophene rings is 1. The molecule has 164 valence electrons. The summed E-state index contributed by atoms with van der Waals surface area (Å²) in [6, 6.07) is 5.97. The number of fused-ring (bicyclic) bond motifs is 3. The maximum absolute atomic E-state index is 13.3. The summed E-state index contributed by atoms with van der Waals surface area (Å²) >= 11 is 3.01. The molecule has 0 saturated heterocycles. The first-order chi connectivity index (χ1) is 14.8. The van der Waals surface area contributed by atoms with Gasteiger partial charge in [-0.2, -0.15) is 0 Å². The lowest BCUT2D eigenvalue weighted by Gasteiger charge is -2.18. The van der Waals surface area contributed by atoms with Gasteiger partial charge >= 0.3 is 0 Å². The van der Waals surface area contributed by atoms with Crippen molar-refractivity contribution in [3.8, 4) is 0 Å². The number of thioether (sulfide) groups is 1. The Balaban J connectivity index is 1.64. The Morgan fingerprint density at radius 1 is 1.35 bits per heavy atom. The Bertz CT molecular complexity index is 1190. The van der Waals surface area contributed by atoms with Gasteiger partial charge < -0.3 is 5.32 Å². The summed E-state index contributed by atoms with van der Waals surface area (Å²) in [5.74, 6) is 0.565. The Morgan fingerprint density at radius 2 is 2.06 bits per heavy atom. The van der Waals surface area contributed by atoms with E-state index in [-0.39, 0.29) is 16.7 Å². The fraction of sp³-hybridized carbons (Fsp3) is 0.458. The molecule has 31 heavy (non-hydrogen) atoms. The third-order valence-corrected chi connectivity index (χ3v) is 8.32. The molecule has 0 fully saturated rings. The van der Waals surface area contributed by atoms with Gasteiger partial charge in [-0.3, -0.25) is 14.2 Å². The summed E-state index contributed by atoms with van der Waals surface area (Å²) < 4.78 is 1.72. The van der Waals surface area contributed by atoms with Crippen molar-refractivity contribution in [2.75, 3.05) is 5.32 Å². The van der Waals surface area contributed by atoms with Crippen LogP contribution in [0.5, 0.6) is 0 Å². The summed E-state index contributed by atoms with van der Waals surface area (Å²) in [4.78, 5) is 33.3. The minimum Gasteiger partial charge on any atom is -0.325 e. The van der Waals surface area contributed by atoms with Gasteiger partial charge in [0.05, 0.1) is 10.6 Å². The Labute approximate surface area is 191 Å². The monoisotopic (exact) mass is 455 g/mol. The number of amides is 1. The number of nitrogens with zero attached hydrogens (tertiary/aromatic N) is 2. The predicted octanol–water partition coefficient (Wildman–Crippen LogP) is 5.34. The zero-order chi connectivity index (χ0) is 22.3. The van der Waals surface area contributed by atoms with Gasteiger partial charge in [0.1, 0.15) is 4.83 Å². The molecule has 2 unspecified atom stereocenters. The SMILES string of the molecule is CCn1c(SC(C)C(=O)Nc2c(C)cccc2C)nc2sc3c(c2c1=O)CCC(C)C3. The second kappa shape index (κ2) is 8.79. The number of benzene rings is 1. The quantitative estimate of drug-likeness (QED) is 0.417. The van der Waals surface area contributed by atoms with E-state index in [0.29, 0.717) is 17.6 Å². The highest BCUT2D eigenvalue weighted by Crippen LogP contribution is 2.37. The molecule has 1 amide bonds. The number of aryl methyl sites for hydroxylation is 3. The number of hydrogen-bond donors (Lipinski definition) is 1. The summed E-state index contributed by atoms with van der Waals surface area (Å²) in [5, 5.41) is 4.10. The number of hydrogen-bond acceptors (Lipinski definition) is 5. The maximum Gasteiger partial charge on any atom is 0.263 e. The molecule has 1 N–H and O–H groups in total. The van der Waals surface area contributed by atoms with E-state index in [9.17, 15) is 9.59 Å². The lowest BCUT2D eigenvalue weighted by Crippen LogP contribution is -2.27. The van der Waals surface area contributed by atoms with Crippen LogP contribution in [0.2, 0.25) is 0 Å². The van der Waals surface area contributed by atoms with Crippen LogP contribution in [0.1, 0.15) is 48.8 Å². The van der Waals surface area contributed by atoms with Crippen molar-refractivity contribution >= 4 is 44.9 Å². The lowest BCUT2D eigenvalue weighted by molar-refractivity contribution is -0.115. The van der Waals surface area contributed by atoms with Crippen molar-refractivity contribution in [2.24, 2.45) is 5.92 Å². The molecule has 2 aromatic heterocycles. The fourth-order valence-electron chi connectivity index (χ4n) is 4.22. The molecule has 7 heteroatoms. The molecule has 2 atom stereocenters. The van der Waals surface area contributed by atoms with Gasteiger partial charge in [0.2, 0.25) is 5.91 Å². The number of anilines is 1. The number of carbonyl (C=O) groups is 1. The number of aromatic nitrogens is 2. The van der Waals surface area contributed by atoms with Crippen molar-refractivity contribution in [3.05, 3.63) is 50.1 Å². The van der Waals surface area contributed by atoms with Crippen LogP contribution in [0.25, 0.3) is 10.2 Å². The highest BCUT2D eigenvalue weighted by molar-refractivity contribution is 8.00. The molecule has 0 radical (unpaired) electrons. The van der Waals surface area contributed by atoms with Gasteiger partial charge in [0, 0.05) is 17.1 Å². The van der Waals surface area contributed by atoms with Crippen LogP contribution >= 0.6 is 23.1 Å². The van der Waals surface area contributed by atoms with Crippen LogP contribution in [0.4, 0.5) is 5.69 Å². The first kappa shape index (κ1) is 22.1. The van der Waals surface area contributed by atoms with Crippen LogP contribution in [0, 0.1) is 19.8 Å². The van der Waals surface area contributed by atoms with E-state index in [1.807, 2.05) is 45.9 Å². The fourth-order valence-corrected chi connectivity index (χ4v) is 6.62. The molecular weight excluding hydrogens is 426 g/mol. The number of carbonyl (C=O) groups excluding carboxylic acids is 1. The molecule has 5 nitrogen and oxygen atoms in total. The highest BCUT2D eigenvalue weighted by atomic mass is 32.2. The minimum absolute atomic E-state index is 0.0319. The molecule has 4 rings (SSSR count). The second-order valence-corrected chi connectivity index (χ2v) is 10.9. The van der Waals surface area contributed by atoms with E-state index in [1.165, 1.54) is 22.2 Å². The van der Waals surface area contributed by atoms with Crippen molar-refractivity contribution in [2.45, 2.75) is 70.8 Å². The standard InChI is InChI=1S/C24H29N3O2S2/c1-6-27-23(29)19-17-11-10-13(2)12-18(17)31-22(19)26-24(27)30-16(5)21(28)25-20-14(3)8-7-9-15(20)4/h7-9,13,16H,6,10-12H2,1-5H3,(H,25,28). The van der Waals surface area contributed by atoms with E-state index in [4.69, 9.17) is 4.98 Å². The molecule has 0 saturated carbocycles. The van der Waals surface area contributed by atoms with Crippen LogP contribution < -0.4 is 10.9 Å². The lowest BCUT2D eigenvalue weighted by atomic mass is 9.89. The van der Waals surface area contributed by atoms with Crippen LogP contribution in [-0.2, 0) is 24.2 Å². The minimum atomic E-state index is -0.379. The van der Waals surface area contributed by atoms with Crippen LogP contribution in [0.3, 0.4) is 0 Å². The molecule has 0 spiro atoms. The third kappa shape index (κ3) is 4.17. The van der Waals surface area contributed by atoms with Gasteiger partial charge in [0.25, 0.3) is 5.56 Å². The molecule has 2 heterocycles. The molecular formula is C24H29N3O2S2. The van der Waals surface area contributed by atoms with E-state index < -0.39 is 0 Å². The Kier molecular flexibility index (Phi) is 6.26. The topological polar surface area (TPSA) is 64.0 Å². The van der Waals surface area contributed by atoms with Gasteiger partial charge in [-0.15, -0.1) is 11.3 Å². The van der Waals surface area contributed by atoms with Crippen molar-refractivity contribution in [1.82, 2.24) is 9.55 Å². The van der Waals surface area contributed by atoms with Gasteiger partial charge in [0.15, 0.2) is 5.16 Å². The normalized spacial score (nSPS) is 16.9. The first-order valence-electron chi connectivity index (χ1n) is 10.9. The average Bonchev–Trinajstić information content (AvgIpc) is 3.08. The van der Waals surface area contributed by atoms with E-state index in [2.05, 4.69) is 12.2 Å². The molecule has 1 aliphatic carbocycles. The predicted molar refractivity (Wildman–Crippen MR) is 131 cm³/mol. The third-order valence-electron chi connectivity index (χ3n) is 6.08. The summed E-state index contributed by atoms with van der Waals surface area (Å²) in [7, 11) is 0. The van der Waals surface area contributed by atoms with Gasteiger partial charge in [-0.1, -0.05) is 36.9 Å². The van der Waals surface area contributed by atoms with Crippen molar-refractivity contribution in [1.29, 1.82) is 0 Å². The van der Waals surface area contributed by atoms with E-state index >= 15 is 0 Å². The number of nitrogens with one attached hydrogen (secondary N) is 1. The molecule has 3 aromatic rings. The van der Waals surface area contributed by atoms with Crippen LogP contribution in [-0.4, -0.2) is 20.7 Å². The molecule has 0 aliphatic heterocycles. The molecule has 1 aromatic carbocycles. The Morgan fingerprint density at radius 3 is 2.74 bits per heavy atom. The van der Waals surface area contributed by atoms with Gasteiger partial charge in [-0.25, -0.2) is 4.98 Å². The second-order valence-electron chi connectivity index (χ2n) is 8.49. The summed E-state index contributed by atoms with van der Waals surface area (Å²) in [6.07, 6.45) is 3.10. The maximum atomic E-state index is 13.3. The van der Waals surface area contributed by atoms with Crippen molar-refractivity contribution in [3.63, 3.8) is 0 Å². The Hall–Kier alpha value is -2.12. The van der Waals surface area contributed by atoms with E-state index in [0.717, 1.165) is 46.3 Å². The smallest absolute Gasteiger partial charge is 0.263 e. The number of para-hydroxylation sites is 1. The average molecular weight is 456 g/mol. The van der Waals surface area contributed by atoms with Crippen molar-refractivity contribution < 1.29 is 4.79 Å².